The Morgan fingerprint density at radius 3 is 2.77 bits per heavy atom. The van der Waals surface area contributed by atoms with Crippen molar-refractivity contribution in [1.29, 1.82) is 0 Å². The van der Waals surface area contributed by atoms with Gasteiger partial charge in [-0.15, -0.1) is 11.3 Å². The molecule has 3 atom stereocenters. The van der Waals surface area contributed by atoms with Crippen LogP contribution in [0.4, 0.5) is 8.78 Å². The van der Waals surface area contributed by atoms with Gasteiger partial charge in [0.05, 0.1) is 23.6 Å². The summed E-state index contributed by atoms with van der Waals surface area (Å²) in [5.41, 5.74) is -1.78. The molecule has 4 heterocycles. The zero-order valence-electron chi connectivity index (χ0n) is 24.5. The predicted molar refractivity (Wildman–Crippen MR) is 156 cm³/mol. The number of likely N-dealkylation sites (tertiary alicyclic amines) is 2. The molecule has 13 heteroatoms. The summed E-state index contributed by atoms with van der Waals surface area (Å²) in [6, 6.07) is 2.89. The van der Waals surface area contributed by atoms with E-state index in [2.05, 4.69) is 10.3 Å². The molecule has 43 heavy (non-hydrogen) atoms. The van der Waals surface area contributed by atoms with Crippen LogP contribution in [0.1, 0.15) is 55.8 Å². The van der Waals surface area contributed by atoms with E-state index >= 15 is 4.39 Å². The monoisotopic (exact) mass is 615 g/mol. The van der Waals surface area contributed by atoms with Crippen LogP contribution >= 0.6 is 11.3 Å². The van der Waals surface area contributed by atoms with Crippen LogP contribution in [0.15, 0.2) is 46.0 Å². The zero-order valence-corrected chi connectivity index (χ0v) is 25.3. The first-order valence-corrected chi connectivity index (χ1v) is 15.1. The Morgan fingerprint density at radius 1 is 1.33 bits per heavy atom. The largest absolute Gasteiger partial charge is 0.481 e. The number of halogens is 2. The van der Waals surface area contributed by atoms with E-state index in [0.29, 0.717) is 27.7 Å². The number of alkyl halides is 1. The number of amides is 1. The minimum atomic E-state index is -2.13. The van der Waals surface area contributed by atoms with Crippen LogP contribution in [-0.2, 0) is 19.1 Å². The number of aliphatic imine (C=N–C) groups is 1. The highest BCUT2D eigenvalue weighted by Crippen LogP contribution is 2.42. The number of ether oxygens (including phenoxy) is 1. The molecule has 3 aliphatic heterocycles. The summed E-state index contributed by atoms with van der Waals surface area (Å²) in [5, 5.41) is 15.1. The highest BCUT2D eigenvalue weighted by Gasteiger charge is 2.60. The number of rotatable bonds is 10. The topological polar surface area (TPSA) is 124 Å². The minimum absolute atomic E-state index is 0.0306. The van der Waals surface area contributed by atoms with Gasteiger partial charge in [0, 0.05) is 49.9 Å². The number of esters is 1. The average molecular weight is 616 g/mol. The van der Waals surface area contributed by atoms with Gasteiger partial charge in [0.15, 0.2) is 10.8 Å². The number of thiazole rings is 1. The third kappa shape index (κ3) is 5.67. The summed E-state index contributed by atoms with van der Waals surface area (Å²) >= 11 is 1.34. The summed E-state index contributed by atoms with van der Waals surface area (Å²) in [5.74, 6) is -2.32. The van der Waals surface area contributed by atoms with Crippen LogP contribution in [0.3, 0.4) is 0 Å². The molecule has 0 radical (unpaired) electrons. The number of carbonyl (C=O) groups excluding carboxylic acids is 2. The van der Waals surface area contributed by atoms with E-state index in [1.807, 2.05) is 4.90 Å². The summed E-state index contributed by atoms with van der Waals surface area (Å²) in [7, 11) is 0. The predicted octanol–water partition coefficient (Wildman–Crippen LogP) is 3.62. The number of nitrogens with zero attached hydrogens (tertiary/aromatic N) is 4. The summed E-state index contributed by atoms with van der Waals surface area (Å²) < 4.78 is 36.4. The van der Waals surface area contributed by atoms with Gasteiger partial charge in [0.25, 0.3) is 5.91 Å². The van der Waals surface area contributed by atoms with Gasteiger partial charge in [-0.3, -0.25) is 19.5 Å². The number of benzene rings is 1. The van der Waals surface area contributed by atoms with Crippen LogP contribution in [0.2, 0.25) is 0 Å². The number of carboxylic acids is 1. The molecule has 10 nitrogen and oxygen atoms in total. The third-order valence-electron chi connectivity index (χ3n) is 8.58. The molecule has 2 aromatic rings. The second-order valence-electron chi connectivity index (χ2n) is 11.7. The highest BCUT2D eigenvalue weighted by molar-refractivity contribution is 7.11. The lowest BCUT2D eigenvalue weighted by molar-refractivity contribution is -0.148. The highest BCUT2D eigenvalue weighted by atomic mass is 32.1. The van der Waals surface area contributed by atoms with Crippen LogP contribution in [0, 0.1) is 18.2 Å². The zero-order chi connectivity index (χ0) is 31.1. The van der Waals surface area contributed by atoms with Crippen molar-refractivity contribution in [3.63, 3.8) is 0 Å². The van der Waals surface area contributed by atoms with Crippen molar-refractivity contribution >= 4 is 35.0 Å². The van der Waals surface area contributed by atoms with Gasteiger partial charge in [0.1, 0.15) is 11.9 Å². The number of hydrogen-bond donors (Lipinski definition) is 2. The van der Waals surface area contributed by atoms with Gasteiger partial charge < -0.3 is 20.1 Å². The van der Waals surface area contributed by atoms with E-state index in [-0.39, 0.29) is 51.2 Å². The van der Waals surface area contributed by atoms with Gasteiger partial charge in [-0.25, -0.2) is 18.6 Å². The quantitative estimate of drug-likeness (QED) is 0.389. The summed E-state index contributed by atoms with van der Waals surface area (Å²) in [4.78, 5) is 50.7. The second-order valence-corrected chi connectivity index (χ2v) is 12.6. The average Bonchev–Trinajstić information content (AvgIpc) is 3.66. The molecule has 1 amide bonds. The Morgan fingerprint density at radius 2 is 2.09 bits per heavy atom. The second kappa shape index (κ2) is 11.8. The van der Waals surface area contributed by atoms with E-state index in [1.165, 1.54) is 22.3 Å². The summed E-state index contributed by atoms with van der Waals surface area (Å²) in [6.45, 7) is 7.09. The fourth-order valence-corrected chi connectivity index (χ4v) is 6.44. The summed E-state index contributed by atoms with van der Waals surface area (Å²) in [6.07, 6.45) is 1.77. The Labute approximate surface area is 252 Å². The molecule has 2 saturated heterocycles. The number of hydrogen-bond acceptors (Lipinski definition) is 9. The molecular formula is C30H35F2N5O5S. The molecule has 0 spiro atoms. The number of carbonyl (C=O) groups is 3. The maximum Gasteiger partial charge on any atom is 0.338 e. The Kier molecular flexibility index (Phi) is 8.41. The molecule has 2 N–H and O–H groups in total. The molecule has 0 bridgehead atoms. The van der Waals surface area contributed by atoms with Crippen molar-refractivity contribution in [2.75, 3.05) is 32.8 Å². The van der Waals surface area contributed by atoms with E-state index < -0.39 is 46.8 Å². The first-order valence-electron chi connectivity index (χ1n) is 14.2. The first-order chi connectivity index (χ1) is 20.4. The molecule has 0 aliphatic carbocycles. The molecule has 5 rings (SSSR count). The number of aliphatic carboxylic acids is 1. The van der Waals surface area contributed by atoms with E-state index in [9.17, 15) is 23.9 Å². The number of amidine groups is 1. The molecule has 0 unspecified atom stereocenters. The standard InChI is InChI=1S/C30H35F2N5O5S/c1-5-42-26(38)22-20(34-24(25-33-11-14-43-25)35-23(22)18-7-6-8-19(31)17(18)2)15-36-13-10-30(32)21(36)16-37(27(30)39)12-9-29(3,4)28(40)41/h6-8,11,14,21,23H,5,9-10,12-13,15-16H2,1-4H3,(H,34,35)(H,40,41)/t21-,23+,30+/m1/s1. The Bertz CT molecular complexity index is 1490. The molecule has 230 valence electrons. The van der Waals surface area contributed by atoms with Crippen LogP contribution in [0.25, 0.3) is 0 Å². The van der Waals surface area contributed by atoms with Gasteiger partial charge in [-0.05, 0) is 51.3 Å². The van der Waals surface area contributed by atoms with Crippen LogP contribution in [0.5, 0.6) is 0 Å². The van der Waals surface area contributed by atoms with Crippen LogP contribution < -0.4 is 5.32 Å². The first kappa shape index (κ1) is 30.7. The molecule has 1 aromatic heterocycles. The lowest BCUT2D eigenvalue weighted by Gasteiger charge is -2.32. The van der Waals surface area contributed by atoms with Crippen molar-refractivity contribution in [1.82, 2.24) is 20.1 Å². The minimum Gasteiger partial charge on any atom is -0.481 e. The van der Waals surface area contributed by atoms with Crippen molar-refractivity contribution in [2.24, 2.45) is 10.4 Å². The van der Waals surface area contributed by atoms with Crippen molar-refractivity contribution in [2.45, 2.75) is 58.3 Å². The van der Waals surface area contributed by atoms with Gasteiger partial charge in [-0.1, -0.05) is 12.1 Å². The molecular weight excluding hydrogens is 580 g/mol. The van der Waals surface area contributed by atoms with Gasteiger partial charge in [-0.2, -0.15) is 0 Å². The maximum absolute atomic E-state index is 16.3. The number of aromatic nitrogens is 1. The lowest BCUT2D eigenvalue weighted by Crippen LogP contribution is -2.45. The molecule has 0 saturated carbocycles. The maximum atomic E-state index is 16.3. The molecule has 1 aromatic carbocycles. The molecule has 2 fully saturated rings. The van der Waals surface area contributed by atoms with Gasteiger partial charge >= 0.3 is 11.9 Å². The fourth-order valence-electron chi connectivity index (χ4n) is 5.85. The van der Waals surface area contributed by atoms with E-state index in [1.54, 1.807) is 51.4 Å². The Hall–Kier alpha value is -3.71. The van der Waals surface area contributed by atoms with Gasteiger partial charge in [0.2, 0.25) is 5.67 Å². The van der Waals surface area contributed by atoms with E-state index in [0.717, 1.165) is 0 Å². The number of carboxylic acid groups (broad SMARTS) is 1. The van der Waals surface area contributed by atoms with Crippen molar-refractivity contribution in [3.8, 4) is 0 Å². The molecule has 3 aliphatic rings. The number of fused-ring (bicyclic) bond motifs is 1. The fraction of sp³-hybridized carbons (Fsp3) is 0.500. The Balaban J connectivity index is 1.50. The lowest BCUT2D eigenvalue weighted by atomic mass is 9.89. The van der Waals surface area contributed by atoms with Crippen LogP contribution in [-0.4, -0.2) is 88.1 Å². The third-order valence-corrected chi connectivity index (χ3v) is 9.36. The SMILES string of the molecule is CCOC(=O)C1=C(CN2CC[C@@]3(F)C(=O)N(CCC(C)(C)C(=O)O)C[C@@H]23)NC(c2nccs2)=N[C@H]1c1cccc(F)c1C. The van der Waals surface area contributed by atoms with E-state index in [4.69, 9.17) is 9.73 Å². The van der Waals surface area contributed by atoms with Crippen molar-refractivity contribution < 1.29 is 33.0 Å². The normalized spacial score (nSPS) is 24.2. The van der Waals surface area contributed by atoms with Crippen molar-refractivity contribution in [3.05, 3.63) is 63.0 Å². The number of nitrogens with one attached hydrogen (secondary N) is 1. The smallest absolute Gasteiger partial charge is 0.338 e.